The summed E-state index contributed by atoms with van der Waals surface area (Å²) in [6, 6.07) is 23.0. The highest BCUT2D eigenvalue weighted by Gasteiger charge is 2.31. The van der Waals surface area contributed by atoms with Gasteiger partial charge in [-0.2, -0.15) is 0 Å². The molecular weight excluding hydrogens is 536 g/mol. The second-order valence-corrected chi connectivity index (χ2v) is 10.8. The summed E-state index contributed by atoms with van der Waals surface area (Å²) >= 11 is 1.30. The molecule has 0 spiro atoms. The molecule has 1 aliphatic rings. The second-order valence-electron chi connectivity index (χ2n) is 9.84. The average molecular weight is 569 g/mol. The van der Waals surface area contributed by atoms with Gasteiger partial charge in [0.25, 0.3) is 11.8 Å². The van der Waals surface area contributed by atoms with E-state index in [1.54, 1.807) is 22.8 Å². The molecule has 210 valence electrons. The first-order valence-electron chi connectivity index (χ1n) is 13.2. The zero-order valence-corrected chi connectivity index (χ0v) is 24.2. The molecule has 10 heteroatoms. The summed E-state index contributed by atoms with van der Waals surface area (Å²) in [4.78, 5) is 26.1. The van der Waals surface area contributed by atoms with E-state index in [2.05, 4.69) is 27.0 Å². The standard InChI is InChI=1S/C31H32N6O3S/c1-20-8-10-23(11-9-20)27-17-26(22-12-14-25(40-4)15-13-22)35-37(27)29(38)19-41-31-34-33-28(36(31)3)18-32-30(39)24-7-5-6-21(2)16-24/h5-17,27,35H,18-19H2,1-4H3,(H,32,39). The van der Waals surface area contributed by atoms with Crippen LogP contribution in [0.4, 0.5) is 0 Å². The van der Waals surface area contributed by atoms with Gasteiger partial charge in [-0.15, -0.1) is 10.2 Å². The van der Waals surface area contributed by atoms with Gasteiger partial charge in [0, 0.05) is 12.6 Å². The number of hydrogen-bond acceptors (Lipinski definition) is 7. The quantitative estimate of drug-likeness (QED) is 0.285. The predicted molar refractivity (Wildman–Crippen MR) is 159 cm³/mol. The fraction of sp³-hybridized carbons (Fsp3) is 0.226. The number of aromatic nitrogens is 3. The second kappa shape index (κ2) is 12.3. The Morgan fingerprint density at radius 2 is 1.76 bits per heavy atom. The first-order chi connectivity index (χ1) is 19.8. The molecule has 5 rings (SSSR count). The van der Waals surface area contributed by atoms with Gasteiger partial charge in [0.05, 0.1) is 31.1 Å². The number of carbonyl (C=O) groups excluding carboxylic acids is 2. The Labute approximate surface area is 243 Å². The van der Waals surface area contributed by atoms with Crippen molar-refractivity contribution in [1.29, 1.82) is 0 Å². The van der Waals surface area contributed by atoms with Crippen molar-refractivity contribution < 1.29 is 14.3 Å². The summed E-state index contributed by atoms with van der Waals surface area (Å²) in [5, 5.41) is 13.6. The molecule has 41 heavy (non-hydrogen) atoms. The van der Waals surface area contributed by atoms with Crippen LogP contribution in [0.15, 0.2) is 84.0 Å². The van der Waals surface area contributed by atoms with Crippen LogP contribution in [0.2, 0.25) is 0 Å². The Balaban J connectivity index is 1.25. The molecule has 0 bridgehead atoms. The molecule has 0 fully saturated rings. The molecule has 1 unspecified atom stereocenters. The molecule has 0 saturated heterocycles. The Morgan fingerprint density at radius 3 is 2.46 bits per heavy atom. The highest BCUT2D eigenvalue weighted by molar-refractivity contribution is 7.99. The van der Waals surface area contributed by atoms with Gasteiger partial charge < -0.3 is 14.6 Å². The Hall–Kier alpha value is -4.57. The maximum absolute atomic E-state index is 13.5. The van der Waals surface area contributed by atoms with E-state index in [9.17, 15) is 9.59 Å². The van der Waals surface area contributed by atoms with Crippen LogP contribution < -0.4 is 15.5 Å². The highest BCUT2D eigenvalue weighted by Crippen LogP contribution is 2.33. The first kappa shape index (κ1) is 28.0. The Kier molecular flexibility index (Phi) is 8.39. The molecule has 4 aromatic rings. The third-order valence-electron chi connectivity index (χ3n) is 6.87. The van der Waals surface area contributed by atoms with Crippen molar-refractivity contribution in [3.05, 3.63) is 113 Å². The van der Waals surface area contributed by atoms with E-state index in [1.807, 2.05) is 87.6 Å². The predicted octanol–water partition coefficient (Wildman–Crippen LogP) is 4.59. The third-order valence-corrected chi connectivity index (χ3v) is 7.87. The van der Waals surface area contributed by atoms with Gasteiger partial charge in [-0.05, 0) is 67.4 Å². The lowest BCUT2D eigenvalue weighted by atomic mass is 10.0. The van der Waals surface area contributed by atoms with Crippen LogP contribution in [0, 0.1) is 13.8 Å². The number of thioether (sulfide) groups is 1. The zero-order valence-electron chi connectivity index (χ0n) is 23.4. The number of aryl methyl sites for hydroxylation is 2. The Bertz CT molecular complexity index is 1580. The Morgan fingerprint density at radius 1 is 1.00 bits per heavy atom. The van der Waals surface area contributed by atoms with Crippen LogP contribution in [0.25, 0.3) is 5.70 Å². The number of nitrogens with zero attached hydrogens (tertiary/aromatic N) is 4. The molecule has 2 amide bonds. The van der Waals surface area contributed by atoms with Crippen molar-refractivity contribution in [2.24, 2.45) is 7.05 Å². The van der Waals surface area contributed by atoms with E-state index >= 15 is 0 Å². The summed E-state index contributed by atoms with van der Waals surface area (Å²) in [6.07, 6.45) is 2.06. The first-order valence-corrected chi connectivity index (χ1v) is 14.2. The van der Waals surface area contributed by atoms with Crippen LogP contribution in [0.5, 0.6) is 5.75 Å². The number of rotatable bonds is 9. The van der Waals surface area contributed by atoms with Crippen molar-refractivity contribution in [1.82, 2.24) is 30.5 Å². The average Bonchev–Trinajstić information content (AvgIpc) is 3.59. The van der Waals surface area contributed by atoms with Crippen LogP contribution in [0.1, 0.15) is 44.5 Å². The van der Waals surface area contributed by atoms with E-state index in [4.69, 9.17) is 4.74 Å². The largest absolute Gasteiger partial charge is 0.497 e. The minimum absolute atomic E-state index is 0.0994. The van der Waals surface area contributed by atoms with Crippen LogP contribution in [-0.4, -0.2) is 44.5 Å². The fourth-order valence-electron chi connectivity index (χ4n) is 4.49. The molecule has 2 N–H and O–H groups in total. The number of ether oxygens (including phenoxy) is 1. The normalized spacial score (nSPS) is 14.4. The number of carbonyl (C=O) groups is 2. The van der Waals surface area contributed by atoms with E-state index in [0.717, 1.165) is 33.7 Å². The van der Waals surface area contributed by atoms with Crippen molar-refractivity contribution in [2.75, 3.05) is 12.9 Å². The maximum atomic E-state index is 13.5. The summed E-state index contributed by atoms with van der Waals surface area (Å²) in [5.74, 6) is 1.24. The van der Waals surface area contributed by atoms with Crippen LogP contribution in [0.3, 0.4) is 0 Å². The van der Waals surface area contributed by atoms with Crippen molar-refractivity contribution in [2.45, 2.75) is 31.6 Å². The molecule has 2 heterocycles. The van der Waals surface area contributed by atoms with E-state index in [1.165, 1.54) is 11.8 Å². The minimum Gasteiger partial charge on any atom is -0.497 e. The van der Waals surface area contributed by atoms with Crippen LogP contribution >= 0.6 is 11.8 Å². The van der Waals surface area contributed by atoms with Gasteiger partial charge >= 0.3 is 0 Å². The number of hydrogen-bond donors (Lipinski definition) is 2. The summed E-state index contributed by atoms with van der Waals surface area (Å²) in [5.41, 5.74) is 8.89. The molecule has 1 atom stereocenters. The van der Waals surface area contributed by atoms with Crippen LogP contribution in [-0.2, 0) is 18.4 Å². The zero-order chi connectivity index (χ0) is 28.9. The van der Waals surface area contributed by atoms with Gasteiger partial charge in [0.2, 0.25) is 0 Å². The number of nitrogens with one attached hydrogen (secondary N) is 2. The fourth-order valence-corrected chi connectivity index (χ4v) is 5.28. The summed E-state index contributed by atoms with van der Waals surface area (Å²) in [6.45, 7) is 4.21. The van der Waals surface area contributed by atoms with E-state index in [-0.39, 0.29) is 30.2 Å². The minimum atomic E-state index is -0.271. The lowest BCUT2D eigenvalue weighted by molar-refractivity contribution is -0.131. The number of benzene rings is 3. The molecule has 1 aliphatic heterocycles. The number of methoxy groups -OCH3 is 1. The summed E-state index contributed by atoms with van der Waals surface area (Å²) < 4.78 is 7.08. The summed E-state index contributed by atoms with van der Waals surface area (Å²) in [7, 11) is 3.46. The topological polar surface area (TPSA) is 101 Å². The smallest absolute Gasteiger partial charge is 0.252 e. The molecule has 0 radical (unpaired) electrons. The lowest BCUT2D eigenvalue weighted by Gasteiger charge is -2.25. The van der Waals surface area contributed by atoms with Crippen molar-refractivity contribution in [3.8, 4) is 5.75 Å². The molecular formula is C31H32N6O3S. The van der Waals surface area contributed by atoms with E-state index < -0.39 is 0 Å². The van der Waals surface area contributed by atoms with Gasteiger partial charge in [-0.3, -0.25) is 15.0 Å². The van der Waals surface area contributed by atoms with Crippen molar-refractivity contribution >= 4 is 29.3 Å². The van der Waals surface area contributed by atoms with Crippen molar-refractivity contribution in [3.63, 3.8) is 0 Å². The molecule has 9 nitrogen and oxygen atoms in total. The van der Waals surface area contributed by atoms with Gasteiger partial charge in [-0.25, -0.2) is 5.01 Å². The maximum Gasteiger partial charge on any atom is 0.252 e. The van der Waals surface area contributed by atoms with Gasteiger partial charge in [-0.1, -0.05) is 59.3 Å². The molecule has 1 aromatic heterocycles. The lowest BCUT2D eigenvalue weighted by Crippen LogP contribution is -2.40. The number of amides is 2. The van der Waals surface area contributed by atoms with Gasteiger partial charge in [0.1, 0.15) is 5.75 Å². The SMILES string of the molecule is COc1ccc(C2=CC(c3ccc(C)cc3)N(C(=O)CSc3nnc(CNC(=O)c4cccc(C)c4)n3C)N2)cc1. The van der Waals surface area contributed by atoms with Gasteiger partial charge in [0.15, 0.2) is 11.0 Å². The monoisotopic (exact) mass is 568 g/mol. The third kappa shape index (κ3) is 6.44. The molecule has 0 saturated carbocycles. The highest BCUT2D eigenvalue weighted by atomic mass is 32.2. The molecule has 3 aromatic carbocycles. The number of hydrazine groups is 1. The van der Waals surface area contributed by atoms with E-state index in [0.29, 0.717) is 16.5 Å². The molecule has 0 aliphatic carbocycles.